The van der Waals surface area contributed by atoms with Crippen molar-refractivity contribution in [1.29, 1.82) is 0 Å². The number of thioether (sulfide) groups is 1. The van der Waals surface area contributed by atoms with E-state index >= 15 is 0 Å². The molecule has 0 unspecified atom stereocenters. The van der Waals surface area contributed by atoms with Gasteiger partial charge in [0.2, 0.25) is 0 Å². The molecule has 0 N–H and O–H groups in total. The Hall–Kier alpha value is -2.44. The van der Waals surface area contributed by atoms with E-state index in [0.29, 0.717) is 0 Å². The average Bonchev–Trinajstić information content (AvgIpc) is 3.24. The Morgan fingerprint density at radius 2 is 1.78 bits per heavy atom. The maximum Gasteiger partial charge on any atom is 0.191 e. The van der Waals surface area contributed by atoms with E-state index in [4.69, 9.17) is 0 Å². The van der Waals surface area contributed by atoms with Crippen molar-refractivity contribution in [1.82, 2.24) is 14.8 Å². The molecular formula is C21H18FN3S2. The first-order valence-electron chi connectivity index (χ1n) is 8.54. The minimum atomic E-state index is -0.217. The van der Waals surface area contributed by atoms with Crippen LogP contribution < -0.4 is 0 Å². The number of thiophene rings is 1. The van der Waals surface area contributed by atoms with Gasteiger partial charge < -0.3 is 4.57 Å². The van der Waals surface area contributed by atoms with E-state index in [0.717, 1.165) is 27.9 Å². The topological polar surface area (TPSA) is 30.7 Å². The summed E-state index contributed by atoms with van der Waals surface area (Å²) in [6.45, 7) is 2.14. The lowest BCUT2D eigenvalue weighted by atomic mass is 10.0. The van der Waals surface area contributed by atoms with Crippen molar-refractivity contribution in [2.75, 3.05) is 0 Å². The van der Waals surface area contributed by atoms with Crippen LogP contribution in [0.5, 0.6) is 0 Å². The monoisotopic (exact) mass is 395 g/mol. The van der Waals surface area contributed by atoms with Gasteiger partial charge in [-0.1, -0.05) is 54.2 Å². The highest BCUT2D eigenvalue weighted by molar-refractivity contribution is 7.98. The van der Waals surface area contributed by atoms with E-state index in [-0.39, 0.29) is 5.82 Å². The Morgan fingerprint density at radius 1 is 1.04 bits per heavy atom. The van der Waals surface area contributed by atoms with Crippen molar-refractivity contribution < 1.29 is 4.39 Å². The molecule has 0 aliphatic rings. The predicted molar refractivity (Wildman–Crippen MR) is 110 cm³/mol. The standard InChI is InChI=1S/C21H18FN3S2/c1-14-19(16-6-4-3-5-7-16)18(13-26-14)20-23-24-21(25(20)2)27-12-15-8-10-17(22)11-9-15/h3-11,13H,12H2,1-2H3. The van der Waals surface area contributed by atoms with Gasteiger partial charge >= 0.3 is 0 Å². The highest BCUT2D eigenvalue weighted by Gasteiger charge is 2.18. The molecule has 0 spiro atoms. The molecule has 0 aliphatic heterocycles. The van der Waals surface area contributed by atoms with Crippen molar-refractivity contribution in [3.8, 4) is 22.5 Å². The second kappa shape index (κ2) is 7.66. The van der Waals surface area contributed by atoms with Gasteiger partial charge in [-0.05, 0) is 30.2 Å². The van der Waals surface area contributed by atoms with E-state index in [1.807, 2.05) is 17.7 Å². The number of hydrogen-bond acceptors (Lipinski definition) is 4. The van der Waals surface area contributed by atoms with Crippen LogP contribution in [0.1, 0.15) is 10.4 Å². The SMILES string of the molecule is Cc1scc(-c2nnc(SCc3ccc(F)cc3)n2C)c1-c1ccccc1. The second-order valence-electron chi connectivity index (χ2n) is 6.23. The van der Waals surface area contributed by atoms with Crippen LogP contribution in [0.4, 0.5) is 4.39 Å². The lowest BCUT2D eigenvalue weighted by molar-refractivity contribution is 0.627. The summed E-state index contributed by atoms with van der Waals surface area (Å²) in [5.41, 5.74) is 4.57. The predicted octanol–water partition coefficient (Wildman–Crippen LogP) is 5.95. The molecule has 0 saturated carbocycles. The summed E-state index contributed by atoms with van der Waals surface area (Å²) in [7, 11) is 1.99. The third-order valence-corrected chi connectivity index (χ3v) is 6.40. The Bertz CT molecular complexity index is 1050. The highest BCUT2D eigenvalue weighted by Crippen LogP contribution is 2.38. The number of nitrogens with zero attached hydrogens (tertiary/aromatic N) is 3. The van der Waals surface area contributed by atoms with Crippen molar-refractivity contribution in [2.24, 2.45) is 7.05 Å². The van der Waals surface area contributed by atoms with Gasteiger partial charge in [-0.3, -0.25) is 0 Å². The van der Waals surface area contributed by atoms with E-state index < -0.39 is 0 Å². The van der Waals surface area contributed by atoms with E-state index in [1.165, 1.54) is 28.1 Å². The van der Waals surface area contributed by atoms with Crippen LogP contribution in [-0.4, -0.2) is 14.8 Å². The molecule has 0 amide bonds. The van der Waals surface area contributed by atoms with Gasteiger partial charge in [0, 0.05) is 34.2 Å². The fourth-order valence-electron chi connectivity index (χ4n) is 2.99. The van der Waals surface area contributed by atoms with Gasteiger partial charge in [-0.25, -0.2) is 4.39 Å². The summed E-state index contributed by atoms with van der Waals surface area (Å²) in [5.74, 6) is 1.37. The van der Waals surface area contributed by atoms with Gasteiger partial charge in [0.15, 0.2) is 11.0 Å². The molecule has 27 heavy (non-hydrogen) atoms. The number of halogens is 1. The molecule has 2 aromatic carbocycles. The molecule has 4 rings (SSSR count). The van der Waals surface area contributed by atoms with E-state index in [2.05, 4.69) is 46.8 Å². The van der Waals surface area contributed by atoms with Crippen LogP contribution in [0.3, 0.4) is 0 Å². The van der Waals surface area contributed by atoms with E-state index in [9.17, 15) is 4.39 Å². The summed E-state index contributed by atoms with van der Waals surface area (Å²) in [4.78, 5) is 1.26. The smallest absolute Gasteiger partial charge is 0.191 e. The van der Waals surface area contributed by atoms with Crippen LogP contribution in [0, 0.1) is 12.7 Å². The quantitative estimate of drug-likeness (QED) is 0.391. The molecule has 6 heteroatoms. The van der Waals surface area contributed by atoms with Crippen LogP contribution in [0.25, 0.3) is 22.5 Å². The molecule has 0 bridgehead atoms. The third-order valence-electron chi connectivity index (χ3n) is 4.39. The maximum atomic E-state index is 13.1. The Balaban J connectivity index is 1.62. The van der Waals surface area contributed by atoms with Gasteiger partial charge in [0.1, 0.15) is 5.82 Å². The van der Waals surface area contributed by atoms with Crippen molar-refractivity contribution in [3.05, 3.63) is 76.2 Å². The molecule has 0 aliphatic carbocycles. The van der Waals surface area contributed by atoms with Crippen LogP contribution in [0.2, 0.25) is 0 Å². The van der Waals surface area contributed by atoms with Gasteiger partial charge in [0.05, 0.1) is 0 Å². The largest absolute Gasteiger partial charge is 0.305 e. The van der Waals surface area contributed by atoms with E-state index in [1.54, 1.807) is 35.2 Å². The third kappa shape index (κ3) is 3.68. The second-order valence-corrected chi connectivity index (χ2v) is 8.25. The highest BCUT2D eigenvalue weighted by atomic mass is 32.2. The first-order valence-corrected chi connectivity index (χ1v) is 10.4. The van der Waals surface area contributed by atoms with Gasteiger partial charge in [0.25, 0.3) is 0 Å². The van der Waals surface area contributed by atoms with Crippen LogP contribution >= 0.6 is 23.1 Å². The summed E-state index contributed by atoms with van der Waals surface area (Å²) >= 11 is 3.33. The molecular weight excluding hydrogens is 377 g/mol. The molecule has 2 aromatic heterocycles. The molecule has 4 aromatic rings. The number of aromatic nitrogens is 3. The number of rotatable bonds is 5. The first kappa shape index (κ1) is 17.9. The molecule has 0 atom stereocenters. The lowest BCUT2D eigenvalue weighted by Crippen LogP contribution is -1.95. The minimum absolute atomic E-state index is 0.217. The van der Waals surface area contributed by atoms with Crippen LogP contribution in [-0.2, 0) is 12.8 Å². The van der Waals surface area contributed by atoms with Gasteiger partial charge in [-0.15, -0.1) is 21.5 Å². The molecule has 0 radical (unpaired) electrons. The molecule has 0 fully saturated rings. The summed E-state index contributed by atoms with van der Waals surface area (Å²) in [5, 5.41) is 11.8. The first-order chi connectivity index (χ1) is 13.1. The maximum absolute atomic E-state index is 13.1. The zero-order valence-electron chi connectivity index (χ0n) is 15.0. The lowest BCUT2D eigenvalue weighted by Gasteiger charge is -2.07. The van der Waals surface area contributed by atoms with Crippen molar-refractivity contribution in [3.63, 3.8) is 0 Å². The zero-order valence-corrected chi connectivity index (χ0v) is 16.6. The van der Waals surface area contributed by atoms with Crippen molar-refractivity contribution in [2.45, 2.75) is 17.8 Å². The Kier molecular flexibility index (Phi) is 5.09. The van der Waals surface area contributed by atoms with Crippen molar-refractivity contribution >= 4 is 23.1 Å². The zero-order chi connectivity index (χ0) is 18.8. The number of hydrogen-bond donors (Lipinski definition) is 0. The normalized spacial score (nSPS) is 11.1. The fourth-order valence-corrected chi connectivity index (χ4v) is 4.72. The summed E-state index contributed by atoms with van der Waals surface area (Å²) in [6, 6.07) is 16.9. The average molecular weight is 396 g/mol. The van der Waals surface area contributed by atoms with Gasteiger partial charge in [-0.2, -0.15) is 0 Å². The number of aryl methyl sites for hydroxylation is 1. The summed E-state index contributed by atoms with van der Waals surface area (Å²) in [6.07, 6.45) is 0. The Labute approximate surface area is 165 Å². The Morgan fingerprint density at radius 3 is 2.52 bits per heavy atom. The minimum Gasteiger partial charge on any atom is -0.305 e. The fraction of sp³-hybridized carbons (Fsp3) is 0.143. The molecule has 3 nitrogen and oxygen atoms in total. The molecule has 136 valence electrons. The number of benzene rings is 2. The molecule has 2 heterocycles. The van der Waals surface area contributed by atoms with Crippen LogP contribution in [0.15, 0.2) is 65.1 Å². The summed E-state index contributed by atoms with van der Waals surface area (Å²) < 4.78 is 15.1. The molecule has 0 saturated heterocycles.